The lowest BCUT2D eigenvalue weighted by molar-refractivity contribution is 0.404. The van der Waals surface area contributed by atoms with Gasteiger partial charge in [0.05, 0.1) is 7.11 Å². The van der Waals surface area contributed by atoms with Gasteiger partial charge in [0.25, 0.3) is 0 Å². The van der Waals surface area contributed by atoms with Crippen molar-refractivity contribution in [3.8, 4) is 5.75 Å². The smallest absolute Gasteiger partial charge is 0.122 e. The summed E-state index contributed by atoms with van der Waals surface area (Å²) in [7, 11) is 1.77. The van der Waals surface area contributed by atoms with Gasteiger partial charge in [0, 0.05) is 0 Å². The molecule has 1 aliphatic rings. The van der Waals surface area contributed by atoms with Gasteiger partial charge in [0.1, 0.15) is 5.75 Å². The van der Waals surface area contributed by atoms with Gasteiger partial charge in [-0.15, -0.1) is 0 Å². The third-order valence-corrected chi connectivity index (χ3v) is 3.69. The first kappa shape index (κ1) is 12.4. The van der Waals surface area contributed by atoms with E-state index in [-0.39, 0.29) is 0 Å². The zero-order chi connectivity index (χ0) is 12.3. The minimum atomic E-state index is 0.520. The van der Waals surface area contributed by atoms with Gasteiger partial charge in [-0.3, -0.25) is 0 Å². The molecule has 0 spiro atoms. The van der Waals surface area contributed by atoms with Crippen LogP contribution in [0.1, 0.15) is 49.7 Å². The molecule has 0 amide bonds. The van der Waals surface area contributed by atoms with E-state index in [0.717, 1.165) is 18.8 Å². The fraction of sp³-hybridized carbons (Fsp3) is 0.600. The van der Waals surface area contributed by atoms with Gasteiger partial charge < -0.3 is 10.1 Å². The van der Waals surface area contributed by atoms with Crippen LogP contribution in [-0.4, -0.2) is 20.2 Å². The van der Waals surface area contributed by atoms with Crippen LogP contribution in [0.25, 0.3) is 0 Å². The summed E-state index contributed by atoms with van der Waals surface area (Å²) in [6.07, 6.45) is 2.48. The standard InChI is InChI=1S/C15H23NO/c1-11(2)14-5-4-13(10-15(14)17-3)12-6-8-16-9-7-12/h4-5,10-12,16H,6-9H2,1-3H3. The normalized spacial score (nSPS) is 17.4. The molecule has 1 heterocycles. The average Bonchev–Trinajstić information content (AvgIpc) is 2.39. The first-order chi connectivity index (χ1) is 8.22. The molecule has 2 heteroatoms. The number of rotatable bonds is 3. The van der Waals surface area contributed by atoms with E-state index in [9.17, 15) is 0 Å². The molecule has 0 aliphatic carbocycles. The fourth-order valence-electron chi connectivity index (χ4n) is 2.61. The Bertz CT molecular complexity index is 367. The van der Waals surface area contributed by atoms with E-state index in [4.69, 9.17) is 4.74 Å². The Kier molecular flexibility index (Phi) is 4.06. The average molecular weight is 233 g/mol. The second kappa shape index (κ2) is 5.54. The molecule has 0 aromatic heterocycles. The molecular weight excluding hydrogens is 210 g/mol. The molecule has 2 nitrogen and oxygen atoms in total. The molecular formula is C15H23NO. The SMILES string of the molecule is COc1cc(C2CCNCC2)ccc1C(C)C. The second-order valence-corrected chi connectivity index (χ2v) is 5.18. The molecule has 0 unspecified atom stereocenters. The van der Waals surface area contributed by atoms with Gasteiger partial charge in [-0.25, -0.2) is 0 Å². The number of piperidine rings is 1. The quantitative estimate of drug-likeness (QED) is 0.865. The van der Waals surface area contributed by atoms with Crippen molar-refractivity contribution in [2.45, 2.75) is 38.5 Å². The Labute approximate surface area is 104 Å². The van der Waals surface area contributed by atoms with E-state index in [1.165, 1.54) is 24.0 Å². The summed E-state index contributed by atoms with van der Waals surface area (Å²) < 4.78 is 5.52. The highest BCUT2D eigenvalue weighted by Crippen LogP contribution is 2.32. The molecule has 1 saturated heterocycles. The van der Waals surface area contributed by atoms with Crippen LogP contribution < -0.4 is 10.1 Å². The molecule has 94 valence electrons. The Morgan fingerprint density at radius 3 is 2.53 bits per heavy atom. The molecule has 0 atom stereocenters. The van der Waals surface area contributed by atoms with Crippen LogP contribution in [0, 0.1) is 0 Å². The first-order valence-corrected chi connectivity index (χ1v) is 6.61. The third-order valence-electron chi connectivity index (χ3n) is 3.69. The number of methoxy groups -OCH3 is 1. The molecule has 0 bridgehead atoms. The number of hydrogen-bond acceptors (Lipinski definition) is 2. The lowest BCUT2D eigenvalue weighted by Gasteiger charge is -2.24. The van der Waals surface area contributed by atoms with Gasteiger partial charge in [0.15, 0.2) is 0 Å². The number of hydrogen-bond donors (Lipinski definition) is 1. The zero-order valence-electron chi connectivity index (χ0n) is 11.1. The van der Waals surface area contributed by atoms with Crippen molar-refractivity contribution in [2.24, 2.45) is 0 Å². The van der Waals surface area contributed by atoms with Crippen LogP contribution in [0.15, 0.2) is 18.2 Å². The lowest BCUT2D eigenvalue weighted by atomic mass is 9.88. The Hall–Kier alpha value is -1.02. The van der Waals surface area contributed by atoms with Crippen molar-refractivity contribution in [1.29, 1.82) is 0 Å². The first-order valence-electron chi connectivity index (χ1n) is 6.61. The molecule has 0 saturated carbocycles. The van der Waals surface area contributed by atoms with E-state index in [2.05, 4.69) is 37.4 Å². The van der Waals surface area contributed by atoms with Crippen molar-refractivity contribution >= 4 is 0 Å². The van der Waals surface area contributed by atoms with E-state index in [0.29, 0.717) is 11.8 Å². The van der Waals surface area contributed by atoms with Crippen molar-refractivity contribution in [3.05, 3.63) is 29.3 Å². The Balaban J connectivity index is 2.24. The highest BCUT2D eigenvalue weighted by Gasteiger charge is 2.17. The van der Waals surface area contributed by atoms with Crippen molar-refractivity contribution < 1.29 is 4.74 Å². The lowest BCUT2D eigenvalue weighted by Crippen LogP contribution is -2.26. The highest BCUT2D eigenvalue weighted by molar-refractivity contribution is 5.40. The van der Waals surface area contributed by atoms with Crippen molar-refractivity contribution in [2.75, 3.05) is 20.2 Å². The zero-order valence-corrected chi connectivity index (χ0v) is 11.1. The van der Waals surface area contributed by atoms with Gasteiger partial charge in [-0.1, -0.05) is 26.0 Å². The highest BCUT2D eigenvalue weighted by atomic mass is 16.5. The summed E-state index contributed by atoms with van der Waals surface area (Å²) in [5.74, 6) is 2.27. The van der Waals surface area contributed by atoms with Crippen LogP contribution in [0.2, 0.25) is 0 Å². The predicted molar refractivity (Wildman–Crippen MR) is 71.9 cm³/mol. The third kappa shape index (κ3) is 2.81. The monoisotopic (exact) mass is 233 g/mol. The van der Waals surface area contributed by atoms with Crippen LogP contribution >= 0.6 is 0 Å². The molecule has 1 N–H and O–H groups in total. The van der Waals surface area contributed by atoms with Gasteiger partial charge in [-0.2, -0.15) is 0 Å². The Morgan fingerprint density at radius 2 is 1.94 bits per heavy atom. The summed E-state index contributed by atoms with van der Waals surface area (Å²) in [6.45, 7) is 6.70. The van der Waals surface area contributed by atoms with Crippen LogP contribution in [0.4, 0.5) is 0 Å². The van der Waals surface area contributed by atoms with E-state index in [1.807, 2.05) is 0 Å². The largest absolute Gasteiger partial charge is 0.496 e. The minimum absolute atomic E-state index is 0.520. The Morgan fingerprint density at radius 1 is 1.24 bits per heavy atom. The predicted octanol–water partition coefficient (Wildman–Crippen LogP) is 3.29. The number of nitrogens with one attached hydrogen (secondary N) is 1. The topological polar surface area (TPSA) is 21.3 Å². The van der Waals surface area contributed by atoms with Crippen molar-refractivity contribution in [3.63, 3.8) is 0 Å². The van der Waals surface area contributed by atoms with Gasteiger partial charge in [-0.05, 0) is 55.0 Å². The van der Waals surface area contributed by atoms with Gasteiger partial charge in [0.2, 0.25) is 0 Å². The number of benzene rings is 1. The maximum atomic E-state index is 5.52. The fourth-order valence-corrected chi connectivity index (χ4v) is 2.61. The molecule has 1 aliphatic heterocycles. The summed E-state index contributed by atoms with van der Waals surface area (Å²) in [5.41, 5.74) is 2.75. The summed E-state index contributed by atoms with van der Waals surface area (Å²) >= 11 is 0. The summed E-state index contributed by atoms with van der Waals surface area (Å²) in [5, 5.41) is 3.41. The molecule has 17 heavy (non-hydrogen) atoms. The van der Waals surface area contributed by atoms with E-state index < -0.39 is 0 Å². The summed E-state index contributed by atoms with van der Waals surface area (Å²) in [4.78, 5) is 0. The molecule has 1 fully saturated rings. The second-order valence-electron chi connectivity index (χ2n) is 5.18. The molecule has 1 aromatic rings. The molecule has 2 rings (SSSR count). The maximum absolute atomic E-state index is 5.52. The van der Waals surface area contributed by atoms with Crippen molar-refractivity contribution in [1.82, 2.24) is 5.32 Å². The van der Waals surface area contributed by atoms with E-state index >= 15 is 0 Å². The molecule has 1 aromatic carbocycles. The van der Waals surface area contributed by atoms with E-state index in [1.54, 1.807) is 7.11 Å². The minimum Gasteiger partial charge on any atom is -0.496 e. The maximum Gasteiger partial charge on any atom is 0.122 e. The number of ether oxygens (including phenoxy) is 1. The molecule has 0 radical (unpaired) electrons. The van der Waals surface area contributed by atoms with Crippen LogP contribution in [0.3, 0.4) is 0 Å². The summed E-state index contributed by atoms with van der Waals surface area (Å²) in [6, 6.07) is 6.76. The van der Waals surface area contributed by atoms with Crippen LogP contribution in [0.5, 0.6) is 5.75 Å². The van der Waals surface area contributed by atoms with Gasteiger partial charge >= 0.3 is 0 Å². The van der Waals surface area contributed by atoms with Crippen LogP contribution in [-0.2, 0) is 0 Å².